The lowest BCUT2D eigenvalue weighted by Gasteiger charge is -2.32. The maximum atomic E-state index is 3.70. The zero-order chi connectivity index (χ0) is 13.3. The molecule has 2 nitrogen and oxygen atoms in total. The van der Waals surface area contributed by atoms with Crippen molar-refractivity contribution in [2.75, 3.05) is 19.6 Å². The second-order valence-electron chi connectivity index (χ2n) is 5.69. The van der Waals surface area contributed by atoms with E-state index < -0.39 is 0 Å². The molecule has 1 aromatic rings. The molecule has 0 radical (unpaired) electrons. The number of hydrogen-bond acceptors (Lipinski definition) is 2. The SMILES string of the molecule is CCCCCN1CCC(NCc2ccccc2)CC1. The molecular formula is C17H28N2. The van der Waals surface area contributed by atoms with Gasteiger partial charge >= 0.3 is 0 Å². The van der Waals surface area contributed by atoms with E-state index >= 15 is 0 Å². The van der Waals surface area contributed by atoms with Gasteiger partial charge in [0.05, 0.1) is 0 Å². The normalized spacial score (nSPS) is 17.7. The molecule has 2 heteroatoms. The zero-order valence-corrected chi connectivity index (χ0v) is 12.3. The van der Waals surface area contributed by atoms with Gasteiger partial charge in [-0.05, 0) is 44.5 Å². The van der Waals surface area contributed by atoms with Crippen molar-refractivity contribution in [1.29, 1.82) is 0 Å². The van der Waals surface area contributed by atoms with Crippen molar-refractivity contribution in [3.8, 4) is 0 Å². The molecule has 0 bridgehead atoms. The largest absolute Gasteiger partial charge is 0.310 e. The molecule has 0 atom stereocenters. The van der Waals surface area contributed by atoms with Gasteiger partial charge in [0.25, 0.3) is 0 Å². The van der Waals surface area contributed by atoms with Gasteiger partial charge in [-0.3, -0.25) is 0 Å². The summed E-state index contributed by atoms with van der Waals surface area (Å²) in [6.45, 7) is 7.15. The molecular weight excluding hydrogens is 232 g/mol. The Kier molecular flexibility index (Phi) is 6.38. The number of hydrogen-bond donors (Lipinski definition) is 1. The third kappa shape index (κ3) is 5.33. The average Bonchev–Trinajstić information content (AvgIpc) is 2.48. The molecule has 0 unspecified atom stereocenters. The van der Waals surface area contributed by atoms with Crippen LogP contribution < -0.4 is 5.32 Å². The van der Waals surface area contributed by atoms with Gasteiger partial charge in [0.15, 0.2) is 0 Å². The summed E-state index contributed by atoms with van der Waals surface area (Å²) in [5.41, 5.74) is 1.40. The highest BCUT2D eigenvalue weighted by Crippen LogP contribution is 2.12. The minimum atomic E-state index is 0.711. The van der Waals surface area contributed by atoms with Crippen LogP contribution >= 0.6 is 0 Å². The van der Waals surface area contributed by atoms with Crippen LogP contribution in [0.5, 0.6) is 0 Å². The molecule has 0 aliphatic carbocycles. The molecule has 1 aliphatic rings. The lowest BCUT2D eigenvalue weighted by Crippen LogP contribution is -2.42. The fourth-order valence-electron chi connectivity index (χ4n) is 2.80. The maximum Gasteiger partial charge on any atom is 0.0208 e. The van der Waals surface area contributed by atoms with Crippen molar-refractivity contribution in [3.05, 3.63) is 35.9 Å². The Labute approximate surface area is 118 Å². The first kappa shape index (κ1) is 14.5. The minimum Gasteiger partial charge on any atom is -0.310 e. The van der Waals surface area contributed by atoms with Gasteiger partial charge in [-0.15, -0.1) is 0 Å². The fourth-order valence-corrected chi connectivity index (χ4v) is 2.80. The standard InChI is InChI=1S/C17H28N2/c1-2-3-7-12-19-13-10-17(11-14-19)18-15-16-8-5-4-6-9-16/h4-6,8-9,17-18H,2-3,7,10-15H2,1H3. The lowest BCUT2D eigenvalue weighted by molar-refractivity contribution is 0.194. The number of rotatable bonds is 7. The second kappa shape index (κ2) is 8.34. The average molecular weight is 260 g/mol. The van der Waals surface area contributed by atoms with Gasteiger partial charge in [-0.2, -0.15) is 0 Å². The van der Waals surface area contributed by atoms with Gasteiger partial charge in [0, 0.05) is 12.6 Å². The molecule has 1 aromatic carbocycles. The number of nitrogens with one attached hydrogen (secondary N) is 1. The molecule has 1 heterocycles. The van der Waals surface area contributed by atoms with Crippen LogP contribution in [0, 0.1) is 0 Å². The molecule has 1 aliphatic heterocycles. The van der Waals surface area contributed by atoms with Gasteiger partial charge in [0.1, 0.15) is 0 Å². The summed E-state index contributed by atoms with van der Waals surface area (Å²) < 4.78 is 0. The molecule has 106 valence electrons. The first-order valence-electron chi connectivity index (χ1n) is 7.88. The van der Waals surface area contributed by atoms with Crippen LogP contribution in [0.25, 0.3) is 0 Å². The number of piperidine rings is 1. The third-order valence-corrected chi connectivity index (χ3v) is 4.10. The van der Waals surface area contributed by atoms with Crippen LogP contribution in [0.2, 0.25) is 0 Å². The molecule has 0 aromatic heterocycles. The van der Waals surface area contributed by atoms with Crippen molar-refractivity contribution in [3.63, 3.8) is 0 Å². The van der Waals surface area contributed by atoms with Gasteiger partial charge in [0.2, 0.25) is 0 Å². The fraction of sp³-hybridized carbons (Fsp3) is 0.647. The number of unbranched alkanes of at least 4 members (excludes halogenated alkanes) is 2. The molecule has 19 heavy (non-hydrogen) atoms. The molecule has 1 N–H and O–H groups in total. The summed E-state index contributed by atoms with van der Waals surface area (Å²) in [4.78, 5) is 2.64. The van der Waals surface area contributed by atoms with Crippen molar-refractivity contribution in [1.82, 2.24) is 10.2 Å². The van der Waals surface area contributed by atoms with Gasteiger partial charge in [-0.25, -0.2) is 0 Å². The molecule has 1 fully saturated rings. The topological polar surface area (TPSA) is 15.3 Å². The number of likely N-dealkylation sites (tertiary alicyclic amines) is 1. The van der Waals surface area contributed by atoms with E-state index in [-0.39, 0.29) is 0 Å². The first-order valence-corrected chi connectivity index (χ1v) is 7.88. The first-order chi connectivity index (χ1) is 9.38. The maximum absolute atomic E-state index is 3.70. The van der Waals surface area contributed by atoms with Gasteiger partial charge < -0.3 is 10.2 Å². The van der Waals surface area contributed by atoms with Crippen LogP contribution in [0.4, 0.5) is 0 Å². The third-order valence-electron chi connectivity index (χ3n) is 4.10. The van der Waals surface area contributed by atoms with Crippen LogP contribution in [0.1, 0.15) is 44.6 Å². The van der Waals surface area contributed by atoms with Crippen molar-refractivity contribution in [2.24, 2.45) is 0 Å². The van der Waals surface area contributed by atoms with E-state index in [1.807, 2.05) is 0 Å². The smallest absolute Gasteiger partial charge is 0.0208 e. The highest BCUT2D eigenvalue weighted by molar-refractivity contribution is 5.14. The van der Waals surface area contributed by atoms with Crippen molar-refractivity contribution < 1.29 is 0 Å². The second-order valence-corrected chi connectivity index (χ2v) is 5.69. The van der Waals surface area contributed by atoms with E-state index in [1.54, 1.807) is 0 Å². The molecule has 0 spiro atoms. The van der Waals surface area contributed by atoms with Crippen LogP contribution in [0.3, 0.4) is 0 Å². The summed E-state index contributed by atoms with van der Waals surface area (Å²) in [5, 5.41) is 3.70. The predicted octanol–water partition coefficient (Wildman–Crippen LogP) is 3.43. The van der Waals surface area contributed by atoms with Crippen LogP contribution in [-0.2, 0) is 6.54 Å². The molecule has 1 saturated heterocycles. The Balaban J connectivity index is 1.61. The Morgan fingerprint density at radius 3 is 2.53 bits per heavy atom. The monoisotopic (exact) mass is 260 g/mol. The predicted molar refractivity (Wildman–Crippen MR) is 82.3 cm³/mol. The van der Waals surface area contributed by atoms with Crippen molar-refractivity contribution >= 4 is 0 Å². The molecule has 0 saturated carbocycles. The zero-order valence-electron chi connectivity index (χ0n) is 12.3. The Morgan fingerprint density at radius 1 is 1.11 bits per heavy atom. The minimum absolute atomic E-state index is 0.711. The molecule has 0 amide bonds. The van der Waals surface area contributed by atoms with E-state index in [9.17, 15) is 0 Å². The highest BCUT2D eigenvalue weighted by Gasteiger charge is 2.17. The van der Waals surface area contributed by atoms with E-state index in [2.05, 4.69) is 47.5 Å². The summed E-state index contributed by atoms with van der Waals surface area (Å²) >= 11 is 0. The Morgan fingerprint density at radius 2 is 1.84 bits per heavy atom. The summed E-state index contributed by atoms with van der Waals surface area (Å²) in [6.07, 6.45) is 6.69. The Bertz CT molecular complexity index is 328. The highest BCUT2D eigenvalue weighted by atomic mass is 15.1. The van der Waals surface area contributed by atoms with E-state index in [0.29, 0.717) is 6.04 Å². The number of nitrogens with zero attached hydrogens (tertiary/aromatic N) is 1. The van der Waals surface area contributed by atoms with Crippen LogP contribution in [0.15, 0.2) is 30.3 Å². The lowest BCUT2D eigenvalue weighted by atomic mass is 10.0. The molecule has 2 rings (SSSR count). The van der Waals surface area contributed by atoms with E-state index in [0.717, 1.165) is 6.54 Å². The quantitative estimate of drug-likeness (QED) is 0.756. The summed E-state index contributed by atoms with van der Waals surface area (Å²) in [5.74, 6) is 0. The van der Waals surface area contributed by atoms with Crippen molar-refractivity contribution in [2.45, 2.75) is 51.6 Å². The summed E-state index contributed by atoms with van der Waals surface area (Å²) in [7, 11) is 0. The van der Waals surface area contributed by atoms with E-state index in [1.165, 1.54) is 57.3 Å². The van der Waals surface area contributed by atoms with Gasteiger partial charge in [-0.1, -0.05) is 50.1 Å². The van der Waals surface area contributed by atoms with Crippen LogP contribution in [-0.4, -0.2) is 30.6 Å². The van der Waals surface area contributed by atoms with E-state index in [4.69, 9.17) is 0 Å². The summed E-state index contributed by atoms with van der Waals surface area (Å²) in [6, 6.07) is 11.4. The Hall–Kier alpha value is -0.860. The number of benzene rings is 1.